The van der Waals surface area contributed by atoms with E-state index in [1.165, 1.54) is 60.6 Å². The minimum Gasteiger partial charge on any atom is -0.334 e. The molecular formula is C28H39N3O2S. The fourth-order valence-corrected chi connectivity index (χ4v) is 7.60. The molecule has 5 rings (SSSR count). The topological polar surface area (TPSA) is 56.4 Å². The number of aryl methyl sites for hydroxylation is 3. The highest BCUT2D eigenvalue weighted by molar-refractivity contribution is 7.12. The molecule has 0 radical (unpaired) electrons. The zero-order valence-electron chi connectivity index (χ0n) is 21.2. The highest BCUT2D eigenvalue weighted by Crippen LogP contribution is 2.42. The SMILES string of the molecule is Cc1cc(C)c(CN2CCCc3sc([C@H](C)C4CCN(CC5CC5)CC4)c(C)c3C2=O)c(=O)[nH]1. The number of nitrogens with one attached hydrogen (secondary N) is 1. The predicted octanol–water partition coefficient (Wildman–Crippen LogP) is 5.18. The molecule has 0 unspecified atom stereocenters. The van der Waals surface area contributed by atoms with Gasteiger partial charge in [-0.15, -0.1) is 11.3 Å². The summed E-state index contributed by atoms with van der Waals surface area (Å²) in [6.45, 7) is 13.3. The molecule has 1 atom stereocenters. The van der Waals surface area contributed by atoms with Crippen LogP contribution in [0.4, 0.5) is 0 Å². The summed E-state index contributed by atoms with van der Waals surface area (Å²) in [7, 11) is 0. The predicted molar refractivity (Wildman–Crippen MR) is 139 cm³/mol. The summed E-state index contributed by atoms with van der Waals surface area (Å²) >= 11 is 1.89. The van der Waals surface area contributed by atoms with Crippen LogP contribution in [0.3, 0.4) is 0 Å². The first kappa shape index (κ1) is 23.8. The zero-order valence-corrected chi connectivity index (χ0v) is 22.0. The number of pyridine rings is 1. The van der Waals surface area contributed by atoms with Crippen LogP contribution in [0.15, 0.2) is 10.9 Å². The van der Waals surface area contributed by atoms with E-state index in [1.807, 2.05) is 36.2 Å². The monoisotopic (exact) mass is 481 g/mol. The molecule has 6 heteroatoms. The number of carbonyl (C=O) groups excluding carboxylic acids is 1. The molecule has 5 nitrogen and oxygen atoms in total. The van der Waals surface area contributed by atoms with Crippen LogP contribution < -0.4 is 5.56 Å². The van der Waals surface area contributed by atoms with Crippen LogP contribution in [0, 0.1) is 32.6 Å². The Labute approximate surface area is 207 Å². The summed E-state index contributed by atoms with van der Waals surface area (Å²) < 4.78 is 0. The molecule has 2 aliphatic heterocycles. The maximum atomic E-state index is 13.7. The quantitative estimate of drug-likeness (QED) is 0.619. The van der Waals surface area contributed by atoms with Crippen LogP contribution in [-0.4, -0.2) is 46.9 Å². The number of hydrogen-bond donors (Lipinski definition) is 1. The van der Waals surface area contributed by atoms with Crippen molar-refractivity contribution in [2.24, 2.45) is 11.8 Å². The number of carbonyl (C=O) groups is 1. The van der Waals surface area contributed by atoms with Crippen molar-refractivity contribution in [3.8, 4) is 0 Å². The van der Waals surface area contributed by atoms with Crippen molar-refractivity contribution in [1.29, 1.82) is 0 Å². The molecule has 4 heterocycles. The molecule has 1 amide bonds. The van der Waals surface area contributed by atoms with Crippen molar-refractivity contribution in [3.05, 3.63) is 54.1 Å². The Morgan fingerprint density at radius 1 is 1.09 bits per heavy atom. The number of fused-ring (bicyclic) bond motifs is 1. The number of hydrogen-bond acceptors (Lipinski definition) is 4. The number of aromatic nitrogens is 1. The summed E-state index contributed by atoms with van der Waals surface area (Å²) in [5, 5.41) is 0. The van der Waals surface area contributed by atoms with Crippen molar-refractivity contribution < 1.29 is 4.79 Å². The van der Waals surface area contributed by atoms with E-state index in [9.17, 15) is 9.59 Å². The van der Waals surface area contributed by atoms with Crippen molar-refractivity contribution in [1.82, 2.24) is 14.8 Å². The molecule has 1 N–H and O–H groups in total. The minimum atomic E-state index is -0.0702. The van der Waals surface area contributed by atoms with Gasteiger partial charge in [-0.25, -0.2) is 0 Å². The minimum absolute atomic E-state index is 0.0702. The van der Waals surface area contributed by atoms with Crippen molar-refractivity contribution in [2.75, 3.05) is 26.2 Å². The van der Waals surface area contributed by atoms with Crippen LogP contribution >= 0.6 is 11.3 Å². The summed E-state index contributed by atoms with van der Waals surface area (Å²) in [5.41, 5.74) is 4.58. The number of likely N-dealkylation sites (tertiary alicyclic amines) is 1. The maximum absolute atomic E-state index is 13.7. The van der Waals surface area contributed by atoms with Crippen molar-refractivity contribution in [2.45, 2.75) is 78.7 Å². The Balaban J connectivity index is 1.33. The average molecular weight is 482 g/mol. The standard InChI is InChI=1S/C28H39N3O2S/c1-17-14-18(2)29-27(32)23(17)16-31-11-5-6-24-25(28(31)33)20(4)26(34-24)19(3)22-9-12-30(13-10-22)15-21-7-8-21/h14,19,21-22H,5-13,15-16H2,1-4H3,(H,29,32)/t19-/m1/s1. The summed E-state index contributed by atoms with van der Waals surface area (Å²) in [5.74, 6) is 2.29. The van der Waals surface area contributed by atoms with Gasteiger partial charge in [0.25, 0.3) is 11.5 Å². The first-order valence-corrected chi connectivity index (χ1v) is 14.0. The zero-order chi connectivity index (χ0) is 24.0. The van der Waals surface area contributed by atoms with Gasteiger partial charge >= 0.3 is 0 Å². The molecule has 184 valence electrons. The fraction of sp³-hybridized carbons (Fsp3) is 0.643. The normalized spacial score (nSPS) is 20.9. The van der Waals surface area contributed by atoms with Gasteiger partial charge in [0.1, 0.15) is 0 Å². The highest BCUT2D eigenvalue weighted by atomic mass is 32.1. The largest absolute Gasteiger partial charge is 0.334 e. The third-order valence-electron chi connectivity index (χ3n) is 8.40. The van der Waals surface area contributed by atoms with Gasteiger partial charge in [0, 0.05) is 34.1 Å². The van der Waals surface area contributed by atoms with E-state index in [0.717, 1.165) is 35.6 Å². The van der Waals surface area contributed by atoms with E-state index < -0.39 is 0 Å². The van der Waals surface area contributed by atoms with Crippen LogP contribution in [0.5, 0.6) is 0 Å². The Kier molecular flexibility index (Phi) is 6.73. The lowest BCUT2D eigenvalue weighted by atomic mass is 9.83. The maximum Gasteiger partial charge on any atom is 0.255 e. The van der Waals surface area contributed by atoms with Gasteiger partial charge in [-0.3, -0.25) is 9.59 Å². The molecule has 1 saturated carbocycles. The third kappa shape index (κ3) is 4.76. The second kappa shape index (κ2) is 9.62. The van der Waals surface area contributed by atoms with E-state index in [-0.39, 0.29) is 11.5 Å². The second-order valence-electron chi connectivity index (χ2n) is 11.0. The van der Waals surface area contributed by atoms with E-state index in [2.05, 4.69) is 23.7 Å². The van der Waals surface area contributed by atoms with E-state index >= 15 is 0 Å². The summed E-state index contributed by atoms with van der Waals surface area (Å²) in [6.07, 6.45) is 7.31. The molecular weight excluding hydrogens is 442 g/mol. The fourth-order valence-electron chi connectivity index (χ4n) is 6.11. The van der Waals surface area contributed by atoms with Gasteiger partial charge in [0.15, 0.2) is 0 Å². The lowest BCUT2D eigenvalue weighted by molar-refractivity contribution is 0.0747. The first-order valence-electron chi connectivity index (χ1n) is 13.1. The number of H-pyrrole nitrogens is 1. The number of amides is 1. The smallest absolute Gasteiger partial charge is 0.255 e. The molecule has 1 aliphatic carbocycles. The van der Waals surface area contributed by atoms with E-state index in [1.54, 1.807) is 0 Å². The lowest BCUT2D eigenvalue weighted by Crippen LogP contribution is -2.36. The van der Waals surface area contributed by atoms with Crippen LogP contribution in [-0.2, 0) is 13.0 Å². The van der Waals surface area contributed by atoms with Gasteiger partial charge in [0.05, 0.1) is 12.1 Å². The first-order chi connectivity index (χ1) is 16.3. The van der Waals surface area contributed by atoms with Gasteiger partial charge in [-0.2, -0.15) is 0 Å². The molecule has 2 fully saturated rings. The van der Waals surface area contributed by atoms with E-state index in [4.69, 9.17) is 0 Å². The highest BCUT2D eigenvalue weighted by Gasteiger charge is 2.34. The van der Waals surface area contributed by atoms with Crippen LogP contribution in [0.1, 0.15) is 87.4 Å². The van der Waals surface area contributed by atoms with Gasteiger partial charge in [0.2, 0.25) is 0 Å². The Morgan fingerprint density at radius 3 is 2.50 bits per heavy atom. The molecule has 0 aromatic carbocycles. The molecule has 0 spiro atoms. The number of nitrogens with zero attached hydrogens (tertiary/aromatic N) is 2. The molecule has 2 aromatic rings. The number of rotatable bonds is 6. The number of aromatic amines is 1. The Hall–Kier alpha value is -1.92. The second-order valence-corrected chi connectivity index (χ2v) is 12.2. The summed E-state index contributed by atoms with van der Waals surface area (Å²) in [4.78, 5) is 36.5. The van der Waals surface area contributed by atoms with Gasteiger partial charge in [-0.1, -0.05) is 6.92 Å². The molecule has 1 saturated heterocycles. The van der Waals surface area contributed by atoms with Crippen LogP contribution in [0.2, 0.25) is 0 Å². The summed E-state index contributed by atoms with van der Waals surface area (Å²) in [6, 6.07) is 2.00. The van der Waals surface area contributed by atoms with Crippen molar-refractivity contribution in [3.63, 3.8) is 0 Å². The average Bonchev–Trinajstić information content (AvgIpc) is 3.57. The molecule has 34 heavy (non-hydrogen) atoms. The molecule has 3 aliphatic rings. The molecule has 2 aromatic heterocycles. The number of piperidine rings is 1. The Bertz CT molecular complexity index is 1120. The lowest BCUT2D eigenvalue weighted by Gasteiger charge is -2.35. The third-order valence-corrected chi connectivity index (χ3v) is 9.95. The Morgan fingerprint density at radius 2 is 1.82 bits per heavy atom. The van der Waals surface area contributed by atoms with E-state index in [0.29, 0.717) is 30.5 Å². The van der Waals surface area contributed by atoms with Gasteiger partial charge in [-0.05, 0) is 107 Å². The van der Waals surface area contributed by atoms with Gasteiger partial charge < -0.3 is 14.8 Å². The molecule has 0 bridgehead atoms. The number of thiophene rings is 1. The van der Waals surface area contributed by atoms with Crippen LogP contribution in [0.25, 0.3) is 0 Å². The van der Waals surface area contributed by atoms with Crippen molar-refractivity contribution >= 4 is 17.2 Å².